The minimum absolute atomic E-state index is 1.11. The SMILES string of the molecule is CCCCCCCCC=CC[PH](c1ccccc1)(c1ccccc1)c1ccccc1. The molecule has 0 saturated carbocycles. The fourth-order valence-electron chi connectivity index (χ4n) is 4.44. The van der Waals surface area contributed by atoms with Crippen molar-refractivity contribution in [2.45, 2.75) is 51.9 Å². The van der Waals surface area contributed by atoms with E-state index in [4.69, 9.17) is 0 Å². The van der Waals surface area contributed by atoms with Gasteiger partial charge in [-0.3, -0.25) is 0 Å². The zero-order valence-electron chi connectivity index (χ0n) is 18.5. The normalized spacial score (nSPS) is 12.3. The zero-order chi connectivity index (χ0) is 20.9. The maximum absolute atomic E-state index is 2.48. The van der Waals surface area contributed by atoms with Gasteiger partial charge in [-0.1, -0.05) is 0 Å². The Morgan fingerprint density at radius 1 is 0.533 bits per heavy atom. The van der Waals surface area contributed by atoms with Crippen molar-refractivity contribution in [1.82, 2.24) is 0 Å². The molecule has 1 heteroatoms. The molecule has 0 amide bonds. The molecule has 0 atom stereocenters. The number of hydrogen-bond donors (Lipinski definition) is 0. The molecule has 0 saturated heterocycles. The van der Waals surface area contributed by atoms with E-state index in [1.54, 1.807) is 0 Å². The van der Waals surface area contributed by atoms with Crippen molar-refractivity contribution in [2.24, 2.45) is 0 Å². The van der Waals surface area contributed by atoms with Gasteiger partial charge in [-0.15, -0.1) is 0 Å². The first-order valence-corrected chi connectivity index (χ1v) is 13.9. The maximum atomic E-state index is 2.48. The Hall–Kier alpha value is -2.17. The van der Waals surface area contributed by atoms with E-state index in [1.165, 1.54) is 60.9 Å². The Morgan fingerprint density at radius 3 is 1.43 bits per heavy atom. The van der Waals surface area contributed by atoms with E-state index >= 15 is 0 Å². The molecule has 3 aromatic carbocycles. The van der Waals surface area contributed by atoms with E-state index in [1.807, 2.05) is 0 Å². The summed E-state index contributed by atoms with van der Waals surface area (Å²) in [6.07, 6.45) is 15.4. The molecule has 3 rings (SSSR count). The molecule has 0 N–H and O–H groups in total. The van der Waals surface area contributed by atoms with Gasteiger partial charge in [0.1, 0.15) is 0 Å². The molecular formula is C29H37P. The average molecular weight is 417 g/mol. The molecule has 158 valence electrons. The van der Waals surface area contributed by atoms with Crippen LogP contribution in [0.4, 0.5) is 0 Å². The third-order valence-electron chi connectivity index (χ3n) is 6.11. The second kappa shape index (κ2) is 12.5. The molecule has 0 aliphatic carbocycles. The summed E-state index contributed by atoms with van der Waals surface area (Å²) in [5.41, 5.74) is 0. The van der Waals surface area contributed by atoms with Crippen LogP contribution < -0.4 is 15.9 Å². The second-order valence-electron chi connectivity index (χ2n) is 8.24. The van der Waals surface area contributed by atoms with Crippen LogP contribution in [0.5, 0.6) is 0 Å². The van der Waals surface area contributed by atoms with E-state index in [9.17, 15) is 0 Å². The summed E-state index contributed by atoms with van der Waals surface area (Å²) < 4.78 is 0. The van der Waals surface area contributed by atoms with Gasteiger partial charge in [-0.2, -0.15) is 0 Å². The number of rotatable bonds is 12. The van der Waals surface area contributed by atoms with Gasteiger partial charge in [0.25, 0.3) is 0 Å². The van der Waals surface area contributed by atoms with Crippen LogP contribution in [0.1, 0.15) is 51.9 Å². The molecule has 0 spiro atoms. The van der Waals surface area contributed by atoms with Crippen LogP contribution in [-0.2, 0) is 0 Å². The molecule has 0 unspecified atom stereocenters. The molecular weight excluding hydrogens is 379 g/mol. The zero-order valence-corrected chi connectivity index (χ0v) is 19.5. The summed E-state index contributed by atoms with van der Waals surface area (Å²) in [6, 6.07) is 33.6. The van der Waals surface area contributed by atoms with E-state index in [-0.39, 0.29) is 0 Å². The van der Waals surface area contributed by atoms with E-state index in [0.29, 0.717) is 0 Å². The molecule has 0 bridgehead atoms. The standard InChI is InChI=1S/C29H37P/c1-2-3-4-5-6-7-8-9-19-26-30(27-20-13-10-14-21-27,28-22-15-11-16-23-28)29-24-17-12-18-25-29/h9-25,30H,2-8,26H2,1H3. The van der Waals surface area contributed by atoms with Crippen molar-refractivity contribution < 1.29 is 0 Å². The number of unbranched alkanes of at least 4 members (excludes halogenated alkanes) is 6. The van der Waals surface area contributed by atoms with Gasteiger partial charge in [-0.25, -0.2) is 0 Å². The molecule has 0 radical (unpaired) electrons. The van der Waals surface area contributed by atoms with Gasteiger partial charge in [0.05, 0.1) is 0 Å². The first-order valence-electron chi connectivity index (χ1n) is 11.7. The van der Waals surface area contributed by atoms with Crippen LogP contribution in [0.15, 0.2) is 103 Å². The number of hydrogen-bond acceptors (Lipinski definition) is 0. The Labute approximate surface area is 184 Å². The molecule has 3 aromatic rings. The summed E-state index contributed by atoms with van der Waals surface area (Å²) in [5, 5.41) is 4.48. The van der Waals surface area contributed by atoms with Crippen LogP contribution >= 0.6 is 7.26 Å². The fraction of sp³-hybridized carbons (Fsp3) is 0.310. The summed E-state index contributed by atoms with van der Waals surface area (Å²) >= 11 is 0. The first kappa shape index (κ1) is 22.5. The Bertz CT molecular complexity index is 756. The molecule has 0 heterocycles. The topological polar surface area (TPSA) is 0 Å². The van der Waals surface area contributed by atoms with Crippen molar-refractivity contribution in [3.63, 3.8) is 0 Å². The van der Waals surface area contributed by atoms with Crippen LogP contribution in [0, 0.1) is 0 Å². The molecule has 0 aromatic heterocycles. The second-order valence-corrected chi connectivity index (χ2v) is 12.2. The van der Waals surface area contributed by atoms with E-state index in [0.717, 1.165) is 6.16 Å². The van der Waals surface area contributed by atoms with Gasteiger partial charge in [0.15, 0.2) is 0 Å². The van der Waals surface area contributed by atoms with Gasteiger partial charge in [-0.05, 0) is 0 Å². The summed E-state index contributed by atoms with van der Waals surface area (Å²) in [6.45, 7) is 2.28. The Kier molecular flexibility index (Phi) is 9.39. The third kappa shape index (κ3) is 5.93. The van der Waals surface area contributed by atoms with Crippen LogP contribution in [0.2, 0.25) is 0 Å². The summed E-state index contributed by atoms with van der Waals surface area (Å²) in [5.74, 6) is 0. The van der Waals surface area contributed by atoms with Crippen molar-refractivity contribution in [2.75, 3.05) is 6.16 Å². The molecule has 0 fully saturated rings. The molecule has 0 aliphatic heterocycles. The predicted octanol–water partition coefficient (Wildman–Crippen LogP) is 7.02. The molecule has 0 aliphatic rings. The monoisotopic (exact) mass is 416 g/mol. The van der Waals surface area contributed by atoms with E-state index < -0.39 is 7.26 Å². The minimum atomic E-state index is -2.10. The third-order valence-corrected chi connectivity index (χ3v) is 10.9. The summed E-state index contributed by atoms with van der Waals surface area (Å²) in [4.78, 5) is 0. The van der Waals surface area contributed by atoms with Crippen molar-refractivity contribution in [3.8, 4) is 0 Å². The van der Waals surface area contributed by atoms with Gasteiger partial charge in [0.2, 0.25) is 0 Å². The van der Waals surface area contributed by atoms with Crippen LogP contribution in [-0.4, -0.2) is 6.16 Å². The van der Waals surface area contributed by atoms with Crippen molar-refractivity contribution >= 4 is 23.2 Å². The van der Waals surface area contributed by atoms with Crippen molar-refractivity contribution in [3.05, 3.63) is 103 Å². The van der Waals surface area contributed by atoms with Crippen LogP contribution in [0.25, 0.3) is 0 Å². The Balaban J connectivity index is 1.84. The first-order chi connectivity index (χ1) is 14.9. The van der Waals surface area contributed by atoms with E-state index in [2.05, 4.69) is 110 Å². The Morgan fingerprint density at radius 2 is 0.967 bits per heavy atom. The van der Waals surface area contributed by atoms with Crippen LogP contribution in [0.3, 0.4) is 0 Å². The fourth-order valence-corrected chi connectivity index (χ4v) is 8.95. The number of allylic oxidation sites excluding steroid dienone is 2. The van der Waals surface area contributed by atoms with Gasteiger partial charge >= 0.3 is 184 Å². The number of benzene rings is 3. The summed E-state index contributed by atoms with van der Waals surface area (Å²) in [7, 11) is -2.10. The average Bonchev–Trinajstić information content (AvgIpc) is 2.82. The molecule has 0 nitrogen and oxygen atoms in total. The quantitative estimate of drug-likeness (QED) is 0.169. The molecule has 30 heavy (non-hydrogen) atoms. The van der Waals surface area contributed by atoms with Gasteiger partial charge < -0.3 is 0 Å². The van der Waals surface area contributed by atoms with Crippen molar-refractivity contribution in [1.29, 1.82) is 0 Å². The van der Waals surface area contributed by atoms with Gasteiger partial charge in [0, 0.05) is 0 Å². The predicted molar refractivity (Wildman–Crippen MR) is 139 cm³/mol.